The molecular formula is C16H13Cl2F2NO. The molecule has 1 saturated heterocycles. The van der Waals surface area contributed by atoms with Gasteiger partial charge in [-0.25, -0.2) is 8.78 Å². The van der Waals surface area contributed by atoms with Crippen LogP contribution >= 0.6 is 23.2 Å². The van der Waals surface area contributed by atoms with Crippen molar-refractivity contribution in [1.29, 1.82) is 0 Å². The zero-order valence-corrected chi connectivity index (χ0v) is 13.0. The van der Waals surface area contributed by atoms with Gasteiger partial charge in [-0.15, -0.1) is 0 Å². The van der Waals surface area contributed by atoms with Gasteiger partial charge in [0.25, 0.3) is 0 Å². The van der Waals surface area contributed by atoms with Crippen LogP contribution in [-0.4, -0.2) is 13.1 Å². The van der Waals surface area contributed by atoms with Crippen molar-refractivity contribution in [1.82, 2.24) is 5.32 Å². The van der Waals surface area contributed by atoms with Crippen LogP contribution in [0.2, 0.25) is 10.0 Å². The van der Waals surface area contributed by atoms with Crippen LogP contribution in [0.5, 0.6) is 5.75 Å². The van der Waals surface area contributed by atoms with E-state index in [0.717, 1.165) is 30.8 Å². The highest BCUT2D eigenvalue weighted by Crippen LogP contribution is 2.34. The zero-order chi connectivity index (χ0) is 15.7. The largest absolute Gasteiger partial charge is 0.485 e. The molecule has 0 saturated carbocycles. The van der Waals surface area contributed by atoms with E-state index >= 15 is 0 Å². The van der Waals surface area contributed by atoms with Gasteiger partial charge in [0.05, 0.1) is 10.0 Å². The van der Waals surface area contributed by atoms with E-state index in [0.29, 0.717) is 10.0 Å². The van der Waals surface area contributed by atoms with E-state index in [2.05, 4.69) is 5.32 Å². The maximum Gasteiger partial charge on any atom is 0.162 e. The van der Waals surface area contributed by atoms with Crippen LogP contribution in [0.15, 0.2) is 36.4 Å². The fourth-order valence-electron chi connectivity index (χ4n) is 2.35. The number of hydrogen-bond donors (Lipinski definition) is 1. The lowest BCUT2D eigenvalue weighted by Gasteiger charge is -2.35. The number of ether oxygens (including phenoxy) is 1. The second-order valence-corrected chi connectivity index (χ2v) is 6.02. The molecule has 0 amide bonds. The molecule has 0 spiro atoms. The monoisotopic (exact) mass is 343 g/mol. The highest BCUT2D eigenvalue weighted by Gasteiger charge is 2.30. The average Bonchev–Trinajstić information content (AvgIpc) is 2.43. The highest BCUT2D eigenvalue weighted by molar-refractivity contribution is 6.42. The van der Waals surface area contributed by atoms with E-state index < -0.39 is 11.6 Å². The molecule has 22 heavy (non-hydrogen) atoms. The first-order chi connectivity index (χ1) is 10.5. The first-order valence-electron chi connectivity index (χ1n) is 6.82. The predicted octanol–water partition coefficient (Wildman–Crippen LogP) is 4.61. The lowest BCUT2D eigenvalue weighted by Crippen LogP contribution is -2.46. The molecular weight excluding hydrogens is 331 g/mol. The van der Waals surface area contributed by atoms with Crippen molar-refractivity contribution in [2.45, 2.75) is 6.10 Å². The van der Waals surface area contributed by atoms with Gasteiger partial charge < -0.3 is 10.1 Å². The summed E-state index contributed by atoms with van der Waals surface area (Å²) in [5, 5.41) is 4.07. The van der Waals surface area contributed by atoms with Crippen LogP contribution in [0.3, 0.4) is 0 Å². The summed E-state index contributed by atoms with van der Waals surface area (Å²) in [5.74, 6) is -1.33. The normalized spacial score (nSPS) is 16.2. The Morgan fingerprint density at radius 3 is 2.36 bits per heavy atom. The van der Waals surface area contributed by atoms with E-state index in [-0.39, 0.29) is 17.8 Å². The lowest BCUT2D eigenvalue weighted by molar-refractivity contribution is 0.0988. The zero-order valence-electron chi connectivity index (χ0n) is 11.5. The smallest absolute Gasteiger partial charge is 0.162 e. The Morgan fingerprint density at radius 1 is 1.00 bits per heavy atom. The van der Waals surface area contributed by atoms with Crippen LogP contribution in [0.4, 0.5) is 8.78 Å². The third-order valence-corrected chi connectivity index (χ3v) is 4.41. The Morgan fingerprint density at radius 2 is 1.77 bits per heavy atom. The quantitative estimate of drug-likeness (QED) is 0.875. The van der Waals surface area contributed by atoms with Crippen LogP contribution in [-0.2, 0) is 0 Å². The Hall–Kier alpha value is -1.36. The fraction of sp³-hybridized carbons (Fsp3) is 0.250. The molecule has 1 aliphatic heterocycles. The summed E-state index contributed by atoms with van der Waals surface area (Å²) in [5.41, 5.74) is 0.852. The molecule has 1 N–H and O–H groups in total. The van der Waals surface area contributed by atoms with E-state index in [1.165, 1.54) is 6.07 Å². The van der Waals surface area contributed by atoms with Crippen molar-refractivity contribution in [3.05, 3.63) is 63.6 Å². The molecule has 0 aliphatic carbocycles. The van der Waals surface area contributed by atoms with Gasteiger partial charge in [-0.3, -0.25) is 0 Å². The van der Waals surface area contributed by atoms with E-state index in [9.17, 15) is 8.78 Å². The highest BCUT2D eigenvalue weighted by atomic mass is 35.5. The summed E-state index contributed by atoms with van der Waals surface area (Å²) in [4.78, 5) is 0. The maximum atomic E-state index is 13.3. The summed E-state index contributed by atoms with van der Waals surface area (Å²) in [7, 11) is 0. The summed E-state index contributed by atoms with van der Waals surface area (Å²) >= 11 is 12.0. The molecule has 0 aromatic heterocycles. The lowest BCUT2D eigenvalue weighted by atomic mass is 9.91. The first-order valence-corrected chi connectivity index (χ1v) is 7.57. The van der Waals surface area contributed by atoms with Crippen molar-refractivity contribution >= 4 is 23.2 Å². The van der Waals surface area contributed by atoms with Crippen LogP contribution < -0.4 is 10.1 Å². The molecule has 6 heteroatoms. The summed E-state index contributed by atoms with van der Waals surface area (Å²) in [6, 6.07) is 8.79. The van der Waals surface area contributed by atoms with Gasteiger partial charge in [0, 0.05) is 25.1 Å². The number of halogens is 4. The van der Waals surface area contributed by atoms with Crippen molar-refractivity contribution in [3.63, 3.8) is 0 Å². The van der Waals surface area contributed by atoms with Crippen LogP contribution in [0.25, 0.3) is 0 Å². The molecule has 1 aliphatic rings. The number of hydrogen-bond acceptors (Lipinski definition) is 2. The molecule has 0 unspecified atom stereocenters. The minimum atomic E-state index is -0.933. The second kappa shape index (κ2) is 6.41. The number of nitrogens with one attached hydrogen (secondary N) is 1. The van der Waals surface area contributed by atoms with Crippen molar-refractivity contribution in [2.75, 3.05) is 13.1 Å². The van der Waals surface area contributed by atoms with Gasteiger partial charge in [0.2, 0.25) is 0 Å². The van der Waals surface area contributed by atoms with Gasteiger partial charge in [-0.2, -0.15) is 0 Å². The molecule has 3 rings (SSSR count). The Kier molecular flexibility index (Phi) is 4.52. The third-order valence-electron chi connectivity index (χ3n) is 3.67. The van der Waals surface area contributed by atoms with Gasteiger partial charge in [-0.1, -0.05) is 29.3 Å². The molecule has 1 atom stereocenters. The summed E-state index contributed by atoms with van der Waals surface area (Å²) < 4.78 is 32.2. The molecule has 1 heterocycles. The Balaban J connectivity index is 1.89. The number of rotatable bonds is 4. The third kappa shape index (κ3) is 3.19. The van der Waals surface area contributed by atoms with Gasteiger partial charge in [-0.05, 0) is 29.8 Å². The standard InChI is InChI=1S/C16H13Cl2F2NO/c17-12-3-1-9(5-13(12)18)16(10-7-21-8-10)22-11-2-4-14(19)15(20)6-11/h1-6,10,16,21H,7-8H2/t16-/m1/s1. The topological polar surface area (TPSA) is 21.3 Å². The van der Waals surface area contributed by atoms with E-state index in [1.807, 2.05) is 6.07 Å². The average molecular weight is 344 g/mol. The van der Waals surface area contributed by atoms with Gasteiger partial charge in [0.15, 0.2) is 11.6 Å². The van der Waals surface area contributed by atoms with Gasteiger partial charge in [0.1, 0.15) is 11.9 Å². The van der Waals surface area contributed by atoms with Crippen molar-refractivity contribution in [3.8, 4) is 5.75 Å². The first kappa shape index (κ1) is 15.5. The minimum Gasteiger partial charge on any atom is -0.485 e. The number of benzene rings is 2. The van der Waals surface area contributed by atoms with Crippen molar-refractivity contribution < 1.29 is 13.5 Å². The molecule has 0 bridgehead atoms. The summed E-state index contributed by atoms with van der Waals surface area (Å²) in [6.07, 6.45) is -0.305. The molecule has 2 nitrogen and oxygen atoms in total. The Bertz CT molecular complexity index is 692. The SMILES string of the molecule is Fc1ccc(O[C@H](c2ccc(Cl)c(Cl)c2)C2CNC2)cc1F. The van der Waals surface area contributed by atoms with E-state index in [1.54, 1.807) is 12.1 Å². The molecule has 2 aromatic carbocycles. The molecule has 1 fully saturated rings. The van der Waals surface area contributed by atoms with Gasteiger partial charge >= 0.3 is 0 Å². The molecule has 0 radical (unpaired) electrons. The maximum absolute atomic E-state index is 13.3. The Labute approximate surface area is 137 Å². The van der Waals surface area contributed by atoms with Crippen LogP contribution in [0.1, 0.15) is 11.7 Å². The fourth-order valence-corrected chi connectivity index (χ4v) is 2.65. The summed E-state index contributed by atoms with van der Waals surface area (Å²) in [6.45, 7) is 1.57. The minimum absolute atomic E-state index is 0.227. The van der Waals surface area contributed by atoms with E-state index in [4.69, 9.17) is 27.9 Å². The molecule has 116 valence electrons. The van der Waals surface area contributed by atoms with Crippen LogP contribution in [0, 0.1) is 17.6 Å². The molecule has 2 aromatic rings. The predicted molar refractivity (Wildman–Crippen MR) is 82.5 cm³/mol. The second-order valence-electron chi connectivity index (χ2n) is 5.21. The van der Waals surface area contributed by atoms with Crippen molar-refractivity contribution in [2.24, 2.45) is 5.92 Å².